The second-order valence-corrected chi connectivity index (χ2v) is 10.3. The minimum absolute atomic E-state index is 0.0335. The Hall–Kier alpha value is -4.43. The van der Waals surface area contributed by atoms with Crippen LogP contribution in [0.2, 0.25) is 0 Å². The number of ether oxygens (including phenoxy) is 3. The maximum Gasteiger partial charge on any atom is 0.404 e. The first-order valence-electron chi connectivity index (χ1n) is 13.4. The molecule has 1 unspecified atom stereocenters. The van der Waals surface area contributed by atoms with Gasteiger partial charge in [0.15, 0.2) is 0 Å². The molecule has 2 aromatic carbocycles. The van der Waals surface area contributed by atoms with Crippen molar-refractivity contribution in [1.82, 2.24) is 19.6 Å². The summed E-state index contributed by atoms with van der Waals surface area (Å²) in [5.74, 6) is -0.0308. The van der Waals surface area contributed by atoms with E-state index in [0.717, 1.165) is 28.5 Å². The lowest BCUT2D eigenvalue weighted by Crippen LogP contribution is -2.29. The lowest BCUT2D eigenvalue weighted by Gasteiger charge is -2.29. The van der Waals surface area contributed by atoms with E-state index in [4.69, 9.17) is 25.0 Å². The van der Waals surface area contributed by atoms with Gasteiger partial charge in [-0.05, 0) is 55.5 Å². The van der Waals surface area contributed by atoms with Crippen molar-refractivity contribution in [2.24, 2.45) is 12.8 Å². The number of hydrogen-bond acceptors (Lipinski definition) is 7. The summed E-state index contributed by atoms with van der Waals surface area (Å²) < 4.78 is 36.0. The summed E-state index contributed by atoms with van der Waals surface area (Å²) >= 11 is 0. The summed E-state index contributed by atoms with van der Waals surface area (Å²) in [6.07, 6.45) is 4.04. The van der Waals surface area contributed by atoms with Gasteiger partial charge < -0.3 is 19.9 Å². The van der Waals surface area contributed by atoms with Gasteiger partial charge in [-0.1, -0.05) is 12.1 Å². The van der Waals surface area contributed by atoms with Crippen molar-refractivity contribution >= 4 is 17.0 Å². The number of carbonyl (C=O) groups is 1. The third-order valence-electron chi connectivity index (χ3n) is 7.70. The summed E-state index contributed by atoms with van der Waals surface area (Å²) in [4.78, 5) is 11.3. The molecule has 2 fully saturated rings. The summed E-state index contributed by atoms with van der Waals surface area (Å²) in [5.41, 5.74) is 8.86. The van der Waals surface area contributed by atoms with Crippen LogP contribution in [0.3, 0.4) is 0 Å². The first kappa shape index (κ1) is 25.8. The van der Waals surface area contributed by atoms with E-state index in [1.807, 2.05) is 36.0 Å². The molecule has 206 valence electrons. The van der Waals surface area contributed by atoms with Gasteiger partial charge >= 0.3 is 6.09 Å². The smallest absolute Gasteiger partial charge is 0.404 e. The van der Waals surface area contributed by atoms with Gasteiger partial charge in [0.2, 0.25) is 5.88 Å². The highest BCUT2D eigenvalue weighted by molar-refractivity contribution is 5.91. The Morgan fingerprint density at radius 2 is 1.93 bits per heavy atom. The molecule has 1 atom stereocenters. The molecule has 3 heterocycles. The monoisotopic (exact) mass is 544 g/mol. The highest BCUT2D eigenvalue weighted by Crippen LogP contribution is 2.45. The van der Waals surface area contributed by atoms with Crippen molar-refractivity contribution in [3.05, 3.63) is 54.0 Å². The number of rotatable bonds is 6. The fourth-order valence-electron chi connectivity index (χ4n) is 5.65. The van der Waals surface area contributed by atoms with Crippen molar-refractivity contribution in [2.75, 3.05) is 13.2 Å². The van der Waals surface area contributed by atoms with Crippen LogP contribution in [-0.2, 0) is 16.5 Å². The Morgan fingerprint density at radius 1 is 1.12 bits per heavy atom. The minimum atomic E-state index is -0.772. The van der Waals surface area contributed by atoms with Crippen LogP contribution in [0.1, 0.15) is 43.7 Å². The third kappa shape index (κ3) is 4.86. The third-order valence-corrected chi connectivity index (χ3v) is 7.70. The van der Waals surface area contributed by atoms with E-state index in [-0.39, 0.29) is 23.8 Å². The quantitative estimate of drug-likeness (QED) is 0.367. The maximum absolute atomic E-state index is 14.9. The van der Waals surface area contributed by atoms with E-state index in [2.05, 4.69) is 5.10 Å². The number of nitrogens with two attached hydrogens (primary N) is 1. The molecule has 40 heavy (non-hydrogen) atoms. The largest absolute Gasteiger partial charge is 0.472 e. The Bertz CT molecular complexity index is 1610. The van der Waals surface area contributed by atoms with E-state index in [1.165, 1.54) is 12.1 Å². The summed E-state index contributed by atoms with van der Waals surface area (Å²) in [7, 11) is 1.89. The number of fused-ring (bicyclic) bond motifs is 1. The number of halogens is 1. The molecule has 1 saturated carbocycles. The summed E-state index contributed by atoms with van der Waals surface area (Å²) in [5, 5.41) is 19.6. The Balaban J connectivity index is 1.51. The standard InChI is InChI=1S/C29H29FN6O4/c1-35-25-9-4-17(12-20(25)15-33-35)26-27(18-2-3-19(14-31)24(30)13-18)34-36(28(26)39-23-10-11-38-16-23)21-5-7-22(8-6-21)40-29(32)37/h2-4,9,12-13,15,21-23H,5-8,10-11,16H2,1H3,(H2,32,37). The molecular formula is C29H29FN6O4. The molecule has 2 N–H and O–H groups in total. The van der Waals surface area contributed by atoms with Crippen LogP contribution in [0.5, 0.6) is 5.88 Å². The number of amides is 1. The normalized spacial score (nSPS) is 20.9. The van der Waals surface area contributed by atoms with E-state index >= 15 is 0 Å². The van der Waals surface area contributed by atoms with Crippen molar-refractivity contribution in [2.45, 2.75) is 50.4 Å². The molecule has 10 nitrogen and oxygen atoms in total. The molecule has 6 rings (SSSR count). The number of nitrogens with zero attached hydrogens (tertiary/aromatic N) is 5. The molecule has 1 amide bonds. The Kier molecular flexibility index (Phi) is 6.86. The topological polar surface area (TPSA) is 130 Å². The molecule has 1 aliphatic carbocycles. The summed E-state index contributed by atoms with van der Waals surface area (Å²) in [6.45, 7) is 1.07. The summed E-state index contributed by atoms with van der Waals surface area (Å²) in [6, 6.07) is 12.4. The lowest BCUT2D eigenvalue weighted by molar-refractivity contribution is 0.0676. The predicted molar refractivity (Wildman–Crippen MR) is 144 cm³/mol. The van der Waals surface area contributed by atoms with Gasteiger partial charge in [0.05, 0.1) is 42.1 Å². The Labute approximate surface area is 230 Å². The first-order valence-corrected chi connectivity index (χ1v) is 13.4. The van der Waals surface area contributed by atoms with Crippen LogP contribution in [0.15, 0.2) is 42.6 Å². The van der Waals surface area contributed by atoms with Gasteiger partial charge in [-0.25, -0.2) is 13.9 Å². The molecular weight excluding hydrogens is 515 g/mol. The number of hydrogen-bond donors (Lipinski definition) is 1. The number of primary amides is 1. The van der Waals surface area contributed by atoms with Gasteiger partial charge in [0.1, 0.15) is 29.8 Å². The number of nitriles is 1. The molecule has 4 aromatic rings. The average Bonchev–Trinajstić information content (AvgIpc) is 3.68. The van der Waals surface area contributed by atoms with Crippen molar-refractivity contribution in [3.8, 4) is 34.3 Å². The van der Waals surface area contributed by atoms with Gasteiger partial charge in [-0.15, -0.1) is 0 Å². The predicted octanol–water partition coefficient (Wildman–Crippen LogP) is 4.86. The Morgan fingerprint density at radius 3 is 2.62 bits per heavy atom. The van der Waals surface area contributed by atoms with Crippen LogP contribution in [-0.4, -0.2) is 51.1 Å². The zero-order valence-electron chi connectivity index (χ0n) is 22.0. The lowest BCUT2D eigenvalue weighted by atomic mass is 9.93. The minimum Gasteiger partial charge on any atom is -0.472 e. The van der Waals surface area contributed by atoms with Gasteiger partial charge in [0, 0.05) is 24.4 Å². The van der Waals surface area contributed by atoms with Crippen LogP contribution in [0.4, 0.5) is 9.18 Å². The number of benzene rings is 2. The molecule has 0 radical (unpaired) electrons. The van der Waals surface area contributed by atoms with Crippen molar-refractivity contribution < 1.29 is 23.4 Å². The van der Waals surface area contributed by atoms with E-state index in [1.54, 1.807) is 16.9 Å². The maximum atomic E-state index is 14.9. The number of aromatic nitrogens is 4. The molecule has 0 spiro atoms. The molecule has 1 aliphatic heterocycles. The molecule has 11 heteroatoms. The molecule has 0 bridgehead atoms. The van der Waals surface area contributed by atoms with Crippen molar-refractivity contribution in [3.63, 3.8) is 0 Å². The van der Waals surface area contributed by atoms with E-state index in [9.17, 15) is 14.4 Å². The molecule has 2 aromatic heterocycles. The second kappa shape index (κ2) is 10.6. The highest BCUT2D eigenvalue weighted by Gasteiger charge is 2.33. The fourth-order valence-corrected chi connectivity index (χ4v) is 5.65. The average molecular weight is 545 g/mol. The highest BCUT2D eigenvalue weighted by atomic mass is 19.1. The van der Waals surface area contributed by atoms with Crippen LogP contribution in [0.25, 0.3) is 33.3 Å². The SMILES string of the molecule is Cn1ncc2cc(-c3c(-c4ccc(C#N)c(F)c4)nn(C4CCC(OC(N)=O)CC4)c3OC3CCOC3)ccc21. The second-order valence-electron chi connectivity index (χ2n) is 10.3. The zero-order valence-corrected chi connectivity index (χ0v) is 22.0. The zero-order chi connectivity index (χ0) is 27.8. The number of aryl methyl sites for hydroxylation is 1. The van der Waals surface area contributed by atoms with E-state index in [0.29, 0.717) is 56.0 Å². The van der Waals surface area contributed by atoms with Crippen LogP contribution >= 0.6 is 0 Å². The molecule has 1 saturated heterocycles. The van der Waals surface area contributed by atoms with Gasteiger partial charge in [-0.2, -0.15) is 15.5 Å². The first-order chi connectivity index (χ1) is 19.4. The van der Waals surface area contributed by atoms with Crippen molar-refractivity contribution in [1.29, 1.82) is 5.26 Å². The fraction of sp³-hybridized carbons (Fsp3) is 0.379. The van der Waals surface area contributed by atoms with Gasteiger partial charge in [-0.3, -0.25) is 4.68 Å². The van der Waals surface area contributed by atoms with Crippen LogP contribution in [0, 0.1) is 17.1 Å². The number of carbonyl (C=O) groups excluding carboxylic acids is 1. The molecule has 2 aliphatic rings. The van der Waals surface area contributed by atoms with Gasteiger partial charge in [0.25, 0.3) is 0 Å². The van der Waals surface area contributed by atoms with E-state index < -0.39 is 11.9 Å². The van der Waals surface area contributed by atoms with Crippen LogP contribution < -0.4 is 10.5 Å².